The number of phenolic OH excluding ortho intramolecular Hbond substituents is 1. The molecule has 8 heteroatoms. The van der Waals surface area contributed by atoms with Gasteiger partial charge in [0.25, 0.3) is 0 Å². The molecule has 1 fully saturated rings. The van der Waals surface area contributed by atoms with Crippen molar-refractivity contribution in [1.82, 2.24) is 24.8 Å². The van der Waals surface area contributed by atoms with Gasteiger partial charge in [0.05, 0.1) is 6.54 Å². The maximum Gasteiger partial charge on any atom is 0.327 e. The van der Waals surface area contributed by atoms with Crippen LogP contribution in [0.25, 0.3) is 16.7 Å². The molecule has 1 saturated heterocycles. The van der Waals surface area contributed by atoms with E-state index in [4.69, 9.17) is 0 Å². The number of likely N-dealkylation sites (N-methyl/N-ethyl adjacent to an activating group) is 1. The van der Waals surface area contributed by atoms with Gasteiger partial charge in [0.15, 0.2) is 0 Å². The molecule has 0 aliphatic carbocycles. The monoisotopic (exact) mass is 351 g/mol. The number of phenols is 1. The van der Waals surface area contributed by atoms with Gasteiger partial charge in [-0.2, -0.15) is 0 Å². The highest BCUT2D eigenvalue weighted by Crippen LogP contribution is 2.29. The Bertz CT molecular complexity index is 1010. The first-order chi connectivity index (χ1) is 12.4. The molecule has 1 aromatic heterocycles. The number of urea groups is 1. The largest absolute Gasteiger partial charge is 0.505 e. The zero-order chi connectivity index (χ0) is 18.4. The second-order valence-electron chi connectivity index (χ2n) is 6.36. The van der Waals surface area contributed by atoms with Crippen molar-refractivity contribution in [2.24, 2.45) is 0 Å². The smallest absolute Gasteiger partial charge is 0.327 e. The van der Waals surface area contributed by atoms with E-state index in [0.29, 0.717) is 11.3 Å². The third kappa shape index (κ3) is 2.55. The minimum absolute atomic E-state index is 0.00194. The van der Waals surface area contributed by atoms with Crippen LogP contribution in [-0.2, 0) is 11.3 Å². The Morgan fingerprint density at radius 2 is 1.77 bits per heavy atom. The zero-order valence-electron chi connectivity index (χ0n) is 14.4. The molecule has 0 radical (unpaired) electrons. The second-order valence-corrected chi connectivity index (χ2v) is 6.36. The van der Waals surface area contributed by atoms with Gasteiger partial charge in [-0.25, -0.2) is 4.79 Å². The van der Waals surface area contributed by atoms with Gasteiger partial charge in [0, 0.05) is 12.6 Å². The molecule has 0 spiro atoms. The van der Waals surface area contributed by atoms with E-state index in [9.17, 15) is 14.7 Å². The molecule has 3 aromatic rings. The van der Waals surface area contributed by atoms with Gasteiger partial charge in [-0.3, -0.25) is 9.69 Å². The highest BCUT2D eigenvalue weighted by molar-refractivity contribution is 6.01. The van der Waals surface area contributed by atoms with Crippen LogP contribution in [0.3, 0.4) is 0 Å². The quantitative estimate of drug-likeness (QED) is 0.727. The molecule has 0 saturated carbocycles. The number of carbonyl (C=O) groups is 2. The predicted molar refractivity (Wildman–Crippen MR) is 93.8 cm³/mol. The molecule has 1 aliphatic heterocycles. The van der Waals surface area contributed by atoms with E-state index in [1.807, 2.05) is 31.2 Å². The molecule has 26 heavy (non-hydrogen) atoms. The summed E-state index contributed by atoms with van der Waals surface area (Å²) in [5, 5.41) is 19.5. The number of aromatic nitrogens is 3. The SMILES string of the molecule is Cc1cc(CN2CC(=O)N(C)C2=O)c(O)c(-n2nc3ccccc3n2)c1. The topological polar surface area (TPSA) is 91.6 Å². The average molecular weight is 351 g/mol. The van der Waals surface area contributed by atoms with Crippen molar-refractivity contribution in [1.29, 1.82) is 0 Å². The number of fused-ring (bicyclic) bond motifs is 1. The van der Waals surface area contributed by atoms with Gasteiger partial charge < -0.3 is 10.0 Å². The van der Waals surface area contributed by atoms with E-state index in [1.165, 1.54) is 16.7 Å². The lowest BCUT2D eigenvalue weighted by Crippen LogP contribution is -2.29. The van der Waals surface area contributed by atoms with Crippen LogP contribution in [-0.4, -0.2) is 55.4 Å². The van der Waals surface area contributed by atoms with Crippen LogP contribution >= 0.6 is 0 Å². The van der Waals surface area contributed by atoms with Gasteiger partial charge >= 0.3 is 6.03 Å². The van der Waals surface area contributed by atoms with Crippen LogP contribution in [0.4, 0.5) is 4.79 Å². The van der Waals surface area contributed by atoms with Crippen molar-refractivity contribution in [3.8, 4) is 11.4 Å². The Kier molecular flexibility index (Phi) is 3.61. The van der Waals surface area contributed by atoms with Gasteiger partial charge in [0.1, 0.15) is 29.0 Å². The van der Waals surface area contributed by atoms with Crippen molar-refractivity contribution < 1.29 is 14.7 Å². The van der Waals surface area contributed by atoms with Crippen LogP contribution in [0.5, 0.6) is 5.75 Å². The fourth-order valence-electron chi connectivity index (χ4n) is 3.06. The average Bonchev–Trinajstić information content (AvgIpc) is 3.15. The summed E-state index contributed by atoms with van der Waals surface area (Å²) in [7, 11) is 1.45. The van der Waals surface area contributed by atoms with Crippen LogP contribution in [0.15, 0.2) is 36.4 Å². The van der Waals surface area contributed by atoms with E-state index in [1.54, 1.807) is 12.1 Å². The molecule has 1 N–H and O–H groups in total. The van der Waals surface area contributed by atoms with Crippen molar-refractivity contribution in [2.45, 2.75) is 13.5 Å². The fourth-order valence-corrected chi connectivity index (χ4v) is 3.06. The third-order valence-corrected chi connectivity index (χ3v) is 4.43. The molecule has 0 bridgehead atoms. The van der Waals surface area contributed by atoms with Crippen LogP contribution in [0, 0.1) is 6.92 Å². The summed E-state index contributed by atoms with van der Waals surface area (Å²) in [6, 6.07) is 10.6. The Hall–Kier alpha value is -3.42. The summed E-state index contributed by atoms with van der Waals surface area (Å²) in [5.41, 5.74) is 3.30. The van der Waals surface area contributed by atoms with Gasteiger partial charge in [0.2, 0.25) is 5.91 Å². The minimum Gasteiger partial charge on any atom is -0.505 e. The highest BCUT2D eigenvalue weighted by Gasteiger charge is 2.33. The number of aromatic hydroxyl groups is 1. The molecular weight excluding hydrogens is 334 g/mol. The molecular formula is C18H17N5O3. The van der Waals surface area contributed by atoms with Crippen LogP contribution in [0.1, 0.15) is 11.1 Å². The number of aryl methyl sites for hydroxylation is 1. The lowest BCUT2D eigenvalue weighted by molar-refractivity contribution is -0.124. The summed E-state index contributed by atoms with van der Waals surface area (Å²) in [6.07, 6.45) is 0. The van der Waals surface area contributed by atoms with Crippen molar-refractivity contribution >= 4 is 23.0 Å². The number of benzene rings is 2. The van der Waals surface area contributed by atoms with Gasteiger partial charge in [-0.05, 0) is 30.7 Å². The minimum atomic E-state index is -0.375. The maximum atomic E-state index is 12.1. The summed E-state index contributed by atoms with van der Waals surface area (Å²) in [5.74, 6) is -0.270. The first-order valence-electron chi connectivity index (χ1n) is 8.14. The normalized spacial score (nSPS) is 14.7. The van der Waals surface area contributed by atoms with Crippen LogP contribution in [0.2, 0.25) is 0 Å². The molecule has 132 valence electrons. The molecule has 4 rings (SSSR count). The number of nitrogens with zero attached hydrogens (tertiary/aromatic N) is 5. The standard InChI is InChI=1S/C18H17N5O3/c1-11-7-12(9-22-10-16(24)21(2)18(22)26)17(25)15(8-11)23-19-13-5-3-4-6-14(13)20-23/h3-8,25H,9-10H2,1-2H3. The van der Waals surface area contributed by atoms with E-state index in [0.717, 1.165) is 21.5 Å². The number of carbonyl (C=O) groups excluding carboxylic acids is 2. The number of hydrogen-bond acceptors (Lipinski definition) is 5. The fraction of sp³-hybridized carbons (Fsp3) is 0.222. The van der Waals surface area contributed by atoms with E-state index in [2.05, 4.69) is 10.2 Å². The summed E-state index contributed by atoms with van der Waals surface area (Å²) >= 11 is 0. The Morgan fingerprint density at radius 1 is 1.12 bits per heavy atom. The molecule has 8 nitrogen and oxygen atoms in total. The van der Waals surface area contributed by atoms with Gasteiger partial charge in [-0.1, -0.05) is 18.2 Å². The van der Waals surface area contributed by atoms with Gasteiger partial charge in [-0.15, -0.1) is 15.0 Å². The van der Waals surface area contributed by atoms with Crippen molar-refractivity contribution in [2.75, 3.05) is 13.6 Å². The van der Waals surface area contributed by atoms with Crippen molar-refractivity contribution in [3.63, 3.8) is 0 Å². The molecule has 3 amide bonds. The maximum absolute atomic E-state index is 12.1. The molecule has 2 aromatic carbocycles. The zero-order valence-corrected chi connectivity index (χ0v) is 14.4. The highest BCUT2D eigenvalue weighted by atomic mass is 16.3. The van der Waals surface area contributed by atoms with E-state index in [-0.39, 0.29) is 30.8 Å². The summed E-state index contributed by atoms with van der Waals surface area (Å²) in [4.78, 5) is 27.7. The summed E-state index contributed by atoms with van der Waals surface area (Å²) in [6.45, 7) is 2.02. The number of amides is 3. The second kappa shape index (κ2) is 5.83. The predicted octanol–water partition coefficient (Wildman–Crippen LogP) is 1.83. The first kappa shape index (κ1) is 16.1. The van der Waals surface area contributed by atoms with E-state index < -0.39 is 0 Å². The molecule has 0 atom stereocenters. The van der Waals surface area contributed by atoms with Crippen molar-refractivity contribution in [3.05, 3.63) is 47.5 Å². The Labute approximate surface area is 149 Å². The first-order valence-corrected chi connectivity index (χ1v) is 8.14. The van der Waals surface area contributed by atoms with Crippen LogP contribution < -0.4 is 0 Å². The lowest BCUT2D eigenvalue weighted by atomic mass is 10.1. The molecule has 0 unspecified atom stereocenters. The molecule has 2 heterocycles. The molecule has 1 aliphatic rings. The van der Waals surface area contributed by atoms with E-state index >= 15 is 0 Å². The number of hydrogen-bond donors (Lipinski definition) is 1. The summed E-state index contributed by atoms with van der Waals surface area (Å²) < 4.78 is 0. The lowest BCUT2D eigenvalue weighted by Gasteiger charge is -2.17. The number of imide groups is 1. The Balaban J connectivity index is 1.73. The third-order valence-electron chi connectivity index (χ3n) is 4.43. The number of rotatable bonds is 3. The Morgan fingerprint density at radius 3 is 2.35 bits per heavy atom.